The maximum Gasteiger partial charge on any atom is 0.188 e. The lowest BCUT2D eigenvalue weighted by atomic mass is 10.3. The van der Waals surface area contributed by atoms with Crippen molar-refractivity contribution in [2.45, 2.75) is 19.5 Å². The molecule has 0 aliphatic carbocycles. The van der Waals surface area contributed by atoms with Crippen molar-refractivity contribution in [2.24, 2.45) is 0 Å². The summed E-state index contributed by atoms with van der Waals surface area (Å²) in [5.41, 5.74) is 0.890. The van der Waals surface area contributed by atoms with Gasteiger partial charge in [-0.05, 0) is 19.4 Å². The summed E-state index contributed by atoms with van der Waals surface area (Å²) >= 11 is 7.60. The number of pyridine rings is 1. The van der Waals surface area contributed by atoms with Crippen molar-refractivity contribution in [1.82, 2.24) is 9.97 Å². The number of aryl methyl sites for hydroxylation is 1. The third-order valence-electron chi connectivity index (χ3n) is 3.13. The van der Waals surface area contributed by atoms with E-state index in [-0.39, 0.29) is 0 Å². The molecule has 7 heteroatoms. The number of aromatic nitrogens is 2. The van der Waals surface area contributed by atoms with Crippen LogP contribution in [0.5, 0.6) is 0 Å². The first-order valence-corrected chi connectivity index (χ1v) is 7.55. The summed E-state index contributed by atoms with van der Waals surface area (Å²) in [4.78, 5) is 11.6. The Labute approximate surface area is 125 Å². The van der Waals surface area contributed by atoms with E-state index in [2.05, 4.69) is 15.3 Å². The molecular formula is C13H14ClFN4S. The predicted molar refractivity (Wildman–Crippen MR) is 81.1 cm³/mol. The molecule has 2 aromatic rings. The number of hydrogen-bond donors (Lipinski definition) is 1. The van der Waals surface area contributed by atoms with E-state index in [1.807, 2.05) is 17.9 Å². The number of hydrogen-bond acceptors (Lipinski definition) is 5. The fraction of sp³-hybridized carbons (Fsp3) is 0.385. The van der Waals surface area contributed by atoms with Gasteiger partial charge in [-0.2, -0.15) is 0 Å². The number of rotatable bonds is 3. The number of nitrogens with zero attached hydrogens (tertiary/aromatic N) is 3. The third-order valence-corrected chi connectivity index (χ3v) is 4.15. The van der Waals surface area contributed by atoms with Crippen molar-refractivity contribution in [3.8, 4) is 0 Å². The second-order valence-electron chi connectivity index (χ2n) is 4.77. The van der Waals surface area contributed by atoms with Gasteiger partial charge in [0.25, 0.3) is 0 Å². The van der Waals surface area contributed by atoms with Crippen LogP contribution in [0.2, 0.25) is 5.15 Å². The maximum absolute atomic E-state index is 13.3. The van der Waals surface area contributed by atoms with Gasteiger partial charge in [-0.3, -0.25) is 0 Å². The molecule has 1 saturated heterocycles. The lowest BCUT2D eigenvalue weighted by molar-refractivity contribution is 0.364. The van der Waals surface area contributed by atoms with Crippen molar-refractivity contribution in [2.75, 3.05) is 23.3 Å². The molecule has 3 rings (SSSR count). The van der Waals surface area contributed by atoms with Crippen LogP contribution < -0.4 is 10.2 Å². The minimum Gasteiger partial charge on any atom is -0.368 e. The van der Waals surface area contributed by atoms with Gasteiger partial charge in [0.1, 0.15) is 17.1 Å². The first-order valence-electron chi connectivity index (χ1n) is 6.36. The molecule has 0 spiro atoms. The zero-order chi connectivity index (χ0) is 14.1. The Kier molecular flexibility index (Phi) is 3.76. The van der Waals surface area contributed by atoms with Crippen molar-refractivity contribution < 1.29 is 4.39 Å². The van der Waals surface area contributed by atoms with Crippen LogP contribution in [0.3, 0.4) is 0 Å². The van der Waals surface area contributed by atoms with Gasteiger partial charge >= 0.3 is 0 Å². The first kappa shape index (κ1) is 13.6. The van der Waals surface area contributed by atoms with Crippen LogP contribution in [0, 0.1) is 6.92 Å². The van der Waals surface area contributed by atoms with Gasteiger partial charge in [0.15, 0.2) is 5.13 Å². The van der Waals surface area contributed by atoms with E-state index < -0.39 is 6.17 Å². The Hall–Kier alpha value is -1.40. The molecule has 0 bridgehead atoms. The fourth-order valence-corrected chi connectivity index (χ4v) is 3.08. The summed E-state index contributed by atoms with van der Waals surface area (Å²) in [6.45, 7) is 3.11. The van der Waals surface area contributed by atoms with Crippen LogP contribution in [-0.4, -0.2) is 29.2 Å². The number of anilines is 3. The average Bonchev–Trinajstić information content (AvgIpc) is 2.98. The van der Waals surface area contributed by atoms with Gasteiger partial charge in [-0.15, -0.1) is 11.3 Å². The van der Waals surface area contributed by atoms with Gasteiger partial charge < -0.3 is 10.2 Å². The molecule has 0 radical (unpaired) electrons. The number of nitrogens with one attached hydrogen (secondary N) is 1. The molecule has 1 fully saturated rings. The SMILES string of the molecule is Cc1cnc(Nc2cc(N3CC[C@H](F)C3)cc(Cl)n2)s1. The van der Waals surface area contributed by atoms with E-state index in [0.717, 1.165) is 15.7 Å². The molecule has 20 heavy (non-hydrogen) atoms. The van der Waals surface area contributed by atoms with Crippen LogP contribution in [0.15, 0.2) is 18.3 Å². The average molecular weight is 313 g/mol. The van der Waals surface area contributed by atoms with Gasteiger partial charge in [-0.25, -0.2) is 14.4 Å². The Morgan fingerprint density at radius 2 is 2.35 bits per heavy atom. The fourth-order valence-electron chi connectivity index (χ4n) is 2.20. The zero-order valence-electron chi connectivity index (χ0n) is 10.9. The van der Waals surface area contributed by atoms with E-state index in [4.69, 9.17) is 11.6 Å². The highest BCUT2D eigenvalue weighted by Gasteiger charge is 2.22. The number of alkyl halides is 1. The molecule has 0 aromatic carbocycles. The third kappa shape index (κ3) is 3.02. The molecule has 4 nitrogen and oxygen atoms in total. The Balaban J connectivity index is 1.83. The van der Waals surface area contributed by atoms with Crippen molar-refractivity contribution in [3.63, 3.8) is 0 Å². The highest BCUT2D eigenvalue weighted by atomic mass is 35.5. The second kappa shape index (κ2) is 5.54. The van der Waals surface area contributed by atoms with Crippen molar-refractivity contribution in [3.05, 3.63) is 28.4 Å². The first-order chi connectivity index (χ1) is 9.60. The van der Waals surface area contributed by atoms with Gasteiger partial charge in [0, 0.05) is 35.9 Å². The molecule has 1 aliphatic rings. The molecule has 106 valence electrons. The monoisotopic (exact) mass is 312 g/mol. The molecule has 1 aliphatic heterocycles. The highest BCUT2D eigenvalue weighted by molar-refractivity contribution is 7.15. The molecule has 1 atom stereocenters. The molecular weight excluding hydrogens is 299 g/mol. The highest BCUT2D eigenvalue weighted by Crippen LogP contribution is 2.28. The Morgan fingerprint density at radius 1 is 1.50 bits per heavy atom. The minimum absolute atomic E-state index is 0.389. The summed E-state index contributed by atoms with van der Waals surface area (Å²) in [6, 6.07) is 3.64. The van der Waals surface area contributed by atoms with Gasteiger partial charge in [0.2, 0.25) is 0 Å². The molecule has 0 saturated carbocycles. The topological polar surface area (TPSA) is 41.1 Å². The molecule has 0 amide bonds. The quantitative estimate of drug-likeness (QED) is 0.875. The lowest BCUT2D eigenvalue weighted by Crippen LogP contribution is -2.20. The van der Waals surface area contributed by atoms with Crippen molar-refractivity contribution in [1.29, 1.82) is 0 Å². The molecule has 3 heterocycles. The molecule has 1 N–H and O–H groups in total. The van der Waals surface area contributed by atoms with Crippen molar-refractivity contribution >= 4 is 39.6 Å². The van der Waals surface area contributed by atoms with Crippen LogP contribution >= 0.6 is 22.9 Å². The van der Waals surface area contributed by atoms with E-state index in [1.54, 1.807) is 23.6 Å². The maximum atomic E-state index is 13.3. The molecule has 2 aromatic heterocycles. The Bertz CT molecular complexity index is 618. The largest absolute Gasteiger partial charge is 0.368 e. The van der Waals surface area contributed by atoms with Crippen LogP contribution in [0.4, 0.5) is 21.0 Å². The Morgan fingerprint density at radius 3 is 3.00 bits per heavy atom. The standard InChI is InChI=1S/C13H14ClFN4S/c1-8-6-16-13(20-8)18-12-5-10(4-11(14)17-12)19-3-2-9(15)7-19/h4-6,9H,2-3,7H2,1H3,(H,16,17,18)/t9-/m0/s1. The summed E-state index contributed by atoms with van der Waals surface area (Å²) < 4.78 is 13.3. The second-order valence-corrected chi connectivity index (χ2v) is 6.39. The summed E-state index contributed by atoms with van der Waals surface area (Å²) in [5, 5.41) is 4.29. The van der Waals surface area contributed by atoms with Gasteiger partial charge in [-0.1, -0.05) is 11.6 Å². The van der Waals surface area contributed by atoms with Crippen LogP contribution in [0.1, 0.15) is 11.3 Å². The summed E-state index contributed by atoms with van der Waals surface area (Å²) in [6.07, 6.45) is 1.60. The minimum atomic E-state index is -0.764. The number of halogens is 2. The van der Waals surface area contributed by atoms with Gasteiger partial charge in [0.05, 0.1) is 0 Å². The molecule has 0 unspecified atom stereocenters. The zero-order valence-corrected chi connectivity index (χ0v) is 12.5. The van der Waals surface area contributed by atoms with Crippen LogP contribution in [0.25, 0.3) is 0 Å². The van der Waals surface area contributed by atoms with E-state index >= 15 is 0 Å². The number of thiazole rings is 1. The summed E-state index contributed by atoms with van der Waals surface area (Å²) in [7, 11) is 0. The predicted octanol–water partition coefficient (Wildman–Crippen LogP) is 3.79. The van der Waals surface area contributed by atoms with E-state index in [1.165, 1.54) is 0 Å². The smallest absolute Gasteiger partial charge is 0.188 e. The lowest BCUT2D eigenvalue weighted by Gasteiger charge is -2.18. The van der Waals surface area contributed by atoms with E-state index in [0.29, 0.717) is 30.5 Å². The summed E-state index contributed by atoms with van der Waals surface area (Å²) in [5.74, 6) is 0.629. The normalized spacial score (nSPS) is 18.6. The van der Waals surface area contributed by atoms with Crippen LogP contribution in [-0.2, 0) is 0 Å². The van der Waals surface area contributed by atoms with E-state index in [9.17, 15) is 4.39 Å².